The number of aliphatic hydroxyl groups excluding tert-OH is 2. The molecule has 2 heteroatoms. The van der Waals surface area contributed by atoms with Gasteiger partial charge in [0.15, 0.2) is 0 Å². The van der Waals surface area contributed by atoms with Gasteiger partial charge in [-0.25, -0.2) is 0 Å². The number of fused-ring (bicyclic) bond motifs is 1. The number of aliphatic hydroxyl groups is 2. The molecule has 2 aliphatic carbocycles. The van der Waals surface area contributed by atoms with Gasteiger partial charge in [0.05, 0.1) is 12.2 Å². The Balaban J connectivity index is 2.13. The molecule has 0 aliphatic heterocycles. The Kier molecular flexibility index (Phi) is 2.37. The highest BCUT2D eigenvalue weighted by Gasteiger charge is 2.46. The zero-order valence-corrected chi connectivity index (χ0v) is 8.37. The van der Waals surface area contributed by atoms with Crippen molar-refractivity contribution >= 4 is 0 Å². The Morgan fingerprint density at radius 2 is 1.92 bits per heavy atom. The van der Waals surface area contributed by atoms with Crippen LogP contribution < -0.4 is 0 Å². The molecule has 2 saturated carbocycles. The van der Waals surface area contributed by atoms with Gasteiger partial charge in [-0.15, -0.1) is 0 Å². The zero-order chi connectivity index (χ0) is 9.47. The van der Waals surface area contributed by atoms with E-state index >= 15 is 0 Å². The molecule has 2 N–H and O–H groups in total. The van der Waals surface area contributed by atoms with E-state index in [0.717, 1.165) is 32.1 Å². The van der Waals surface area contributed by atoms with Crippen LogP contribution in [0.25, 0.3) is 0 Å². The van der Waals surface area contributed by atoms with E-state index < -0.39 is 0 Å². The van der Waals surface area contributed by atoms with Gasteiger partial charge in [-0.05, 0) is 43.4 Å². The average Bonchev–Trinajstić information content (AvgIpc) is 2.09. The van der Waals surface area contributed by atoms with E-state index in [0.29, 0.717) is 5.92 Å². The molecule has 4 atom stereocenters. The van der Waals surface area contributed by atoms with Gasteiger partial charge in [-0.3, -0.25) is 0 Å². The van der Waals surface area contributed by atoms with E-state index in [9.17, 15) is 10.2 Å². The molecule has 0 spiro atoms. The summed E-state index contributed by atoms with van der Waals surface area (Å²) in [6, 6.07) is 0. The normalized spacial score (nSPS) is 51.5. The molecule has 13 heavy (non-hydrogen) atoms. The van der Waals surface area contributed by atoms with Gasteiger partial charge >= 0.3 is 0 Å². The molecule has 0 saturated heterocycles. The van der Waals surface area contributed by atoms with Gasteiger partial charge in [0, 0.05) is 0 Å². The van der Waals surface area contributed by atoms with E-state index in [-0.39, 0.29) is 17.6 Å². The maximum Gasteiger partial charge on any atom is 0.0596 e. The minimum atomic E-state index is -0.126. The molecule has 0 amide bonds. The monoisotopic (exact) mass is 184 g/mol. The molecule has 0 unspecified atom stereocenters. The molecule has 0 radical (unpaired) electrons. The highest BCUT2D eigenvalue weighted by atomic mass is 16.3. The van der Waals surface area contributed by atoms with Crippen molar-refractivity contribution < 1.29 is 10.2 Å². The van der Waals surface area contributed by atoms with Crippen molar-refractivity contribution in [1.29, 1.82) is 0 Å². The van der Waals surface area contributed by atoms with E-state index in [1.165, 1.54) is 6.42 Å². The molecule has 0 aromatic heterocycles. The summed E-state index contributed by atoms with van der Waals surface area (Å²) in [7, 11) is 0. The standard InChI is InChI=1S/C11H20O2/c1-11-6-5-9(12)7-8(11)3-2-4-10(11)13/h8-10,12-13H,2-7H2,1H3/t8-,9+,10-,11-/m0/s1. The Morgan fingerprint density at radius 1 is 1.15 bits per heavy atom. The summed E-state index contributed by atoms with van der Waals surface area (Å²) in [5.74, 6) is 0.556. The maximum atomic E-state index is 9.97. The van der Waals surface area contributed by atoms with Crippen molar-refractivity contribution in [2.24, 2.45) is 11.3 Å². The fraction of sp³-hybridized carbons (Fsp3) is 1.00. The van der Waals surface area contributed by atoms with Crippen LogP contribution in [0, 0.1) is 11.3 Å². The lowest BCUT2D eigenvalue weighted by molar-refractivity contribution is -0.0912. The topological polar surface area (TPSA) is 40.5 Å². The predicted molar refractivity (Wildman–Crippen MR) is 51.3 cm³/mol. The van der Waals surface area contributed by atoms with Crippen LogP contribution in [-0.2, 0) is 0 Å². The van der Waals surface area contributed by atoms with Crippen molar-refractivity contribution in [2.45, 2.75) is 57.7 Å². The molecule has 2 aliphatic rings. The van der Waals surface area contributed by atoms with E-state index in [2.05, 4.69) is 6.92 Å². The first kappa shape index (κ1) is 9.47. The first-order valence-electron chi connectivity index (χ1n) is 5.49. The van der Waals surface area contributed by atoms with E-state index in [1.807, 2.05) is 0 Å². The fourth-order valence-electron chi connectivity index (χ4n) is 3.17. The fourth-order valence-corrected chi connectivity index (χ4v) is 3.17. The Morgan fingerprint density at radius 3 is 2.69 bits per heavy atom. The van der Waals surface area contributed by atoms with Gasteiger partial charge in [-0.1, -0.05) is 13.3 Å². The molecule has 0 aromatic carbocycles. The van der Waals surface area contributed by atoms with Crippen LogP contribution in [0.5, 0.6) is 0 Å². The highest BCUT2D eigenvalue weighted by molar-refractivity contribution is 4.96. The number of hydrogen-bond acceptors (Lipinski definition) is 2. The van der Waals surface area contributed by atoms with Gasteiger partial charge in [0.2, 0.25) is 0 Å². The third-order valence-corrected chi connectivity index (χ3v) is 4.30. The third kappa shape index (κ3) is 1.50. The summed E-state index contributed by atoms with van der Waals surface area (Å²) >= 11 is 0. The summed E-state index contributed by atoms with van der Waals surface area (Å²) in [5, 5.41) is 19.5. The SMILES string of the molecule is C[C@]12CC[C@@H](O)C[C@@H]1CCC[C@@H]2O. The zero-order valence-electron chi connectivity index (χ0n) is 8.37. The molecule has 0 bridgehead atoms. The Labute approximate surface area is 80.0 Å². The summed E-state index contributed by atoms with van der Waals surface area (Å²) in [5.41, 5.74) is 0.109. The lowest BCUT2D eigenvalue weighted by Gasteiger charge is -2.49. The molecule has 0 aromatic rings. The molecule has 2 rings (SSSR count). The van der Waals surface area contributed by atoms with Crippen LogP contribution in [0.15, 0.2) is 0 Å². The van der Waals surface area contributed by atoms with Gasteiger partial charge in [-0.2, -0.15) is 0 Å². The quantitative estimate of drug-likeness (QED) is 0.601. The maximum absolute atomic E-state index is 9.97. The van der Waals surface area contributed by atoms with Crippen LogP contribution in [0.3, 0.4) is 0 Å². The van der Waals surface area contributed by atoms with E-state index in [4.69, 9.17) is 0 Å². The van der Waals surface area contributed by atoms with Crippen LogP contribution >= 0.6 is 0 Å². The molecule has 76 valence electrons. The minimum Gasteiger partial charge on any atom is -0.393 e. The highest BCUT2D eigenvalue weighted by Crippen LogP contribution is 2.50. The van der Waals surface area contributed by atoms with E-state index in [1.54, 1.807) is 0 Å². The summed E-state index contributed by atoms with van der Waals surface area (Å²) < 4.78 is 0. The van der Waals surface area contributed by atoms with Gasteiger partial charge in [0.25, 0.3) is 0 Å². The molecule has 2 fully saturated rings. The smallest absolute Gasteiger partial charge is 0.0596 e. The van der Waals surface area contributed by atoms with Crippen LogP contribution in [0.2, 0.25) is 0 Å². The average molecular weight is 184 g/mol. The predicted octanol–water partition coefficient (Wildman–Crippen LogP) is 1.70. The van der Waals surface area contributed by atoms with Crippen molar-refractivity contribution in [3.63, 3.8) is 0 Å². The second-order valence-electron chi connectivity index (χ2n) is 5.08. The summed E-state index contributed by atoms with van der Waals surface area (Å²) in [6.07, 6.45) is 5.85. The van der Waals surface area contributed by atoms with Crippen molar-refractivity contribution in [2.75, 3.05) is 0 Å². The summed E-state index contributed by atoms with van der Waals surface area (Å²) in [4.78, 5) is 0. The number of hydrogen-bond donors (Lipinski definition) is 2. The van der Waals surface area contributed by atoms with Gasteiger partial charge in [0.1, 0.15) is 0 Å². The third-order valence-electron chi connectivity index (χ3n) is 4.30. The van der Waals surface area contributed by atoms with Gasteiger partial charge < -0.3 is 10.2 Å². The van der Waals surface area contributed by atoms with Crippen LogP contribution in [0.1, 0.15) is 45.4 Å². The molecule has 2 nitrogen and oxygen atoms in total. The Hall–Kier alpha value is -0.0800. The first-order chi connectivity index (χ1) is 6.13. The van der Waals surface area contributed by atoms with Crippen molar-refractivity contribution in [3.8, 4) is 0 Å². The second-order valence-corrected chi connectivity index (χ2v) is 5.08. The molecular formula is C11H20O2. The summed E-state index contributed by atoms with van der Waals surface area (Å²) in [6.45, 7) is 2.20. The number of rotatable bonds is 0. The van der Waals surface area contributed by atoms with Crippen LogP contribution in [-0.4, -0.2) is 22.4 Å². The largest absolute Gasteiger partial charge is 0.393 e. The second kappa shape index (κ2) is 3.25. The molecule has 0 heterocycles. The lowest BCUT2D eigenvalue weighted by Crippen LogP contribution is -2.47. The molecular weight excluding hydrogens is 164 g/mol. The first-order valence-corrected chi connectivity index (χ1v) is 5.49. The minimum absolute atomic E-state index is 0.108. The van der Waals surface area contributed by atoms with Crippen LogP contribution in [0.4, 0.5) is 0 Å². The van der Waals surface area contributed by atoms with Crippen molar-refractivity contribution in [1.82, 2.24) is 0 Å². The lowest BCUT2D eigenvalue weighted by atomic mass is 9.58. The Bertz CT molecular complexity index is 193. The van der Waals surface area contributed by atoms with Crippen molar-refractivity contribution in [3.05, 3.63) is 0 Å².